The highest BCUT2D eigenvalue weighted by Gasteiger charge is 2.61. The Bertz CT molecular complexity index is 802. The lowest BCUT2D eigenvalue weighted by molar-refractivity contribution is -0.119. The fourth-order valence-corrected chi connectivity index (χ4v) is 9.18. The van der Waals surface area contributed by atoms with E-state index in [-0.39, 0.29) is 11.5 Å². The molecule has 210 valence electrons. The molecule has 3 fully saturated rings. The van der Waals surface area contributed by atoms with E-state index in [0.717, 1.165) is 51.4 Å². The zero-order valence-electron chi connectivity index (χ0n) is 24.3. The minimum Gasteiger partial charge on any atom is -0.434 e. The highest BCUT2D eigenvalue weighted by Crippen LogP contribution is 2.65. The molecule has 0 aromatic rings. The molecule has 0 heterocycles. The quantitative estimate of drug-likeness (QED) is 0.192. The Balaban J connectivity index is 1.21. The van der Waals surface area contributed by atoms with E-state index in [9.17, 15) is 9.59 Å². The van der Waals surface area contributed by atoms with Crippen molar-refractivity contribution >= 4 is 11.9 Å². The molecule has 4 aliphatic rings. The predicted octanol–water partition coefficient (Wildman–Crippen LogP) is 9.06. The van der Waals surface area contributed by atoms with Crippen LogP contribution in [-0.2, 0) is 14.3 Å². The zero-order chi connectivity index (χ0) is 26.4. The van der Waals surface area contributed by atoms with Crippen molar-refractivity contribution < 1.29 is 19.1 Å². The summed E-state index contributed by atoms with van der Waals surface area (Å²) >= 11 is 0. The van der Waals surface area contributed by atoms with Gasteiger partial charge in [-0.05, 0) is 80.1 Å². The summed E-state index contributed by atoms with van der Waals surface area (Å²) in [4.78, 5) is 24.7. The first kappa shape index (κ1) is 28.7. The highest BCUT2D eigenvalue weighted by atomic mass is 16.7. The maximum atomic E-state index is 12.6. The lowest BCUT2D eigenvalue weighted by atomic mass is 9.47. The summed E-state index contributed by atoms with van der Waals surface area (Å²) in [6.07, 6.45) is 20.3. The monoisotopic (exact) mass is 514 g/mol. The van der Waals surface area contributed by atoms with E-state index in [1.807, 2.05) is 6.08 Å². The number of ether oxygens (including phenoxy) is 2. The molecule has 4 unspecified atom stereocenters. The molecule has 0 spiro atoms. The second-order valence-corrected chi connectivity index (χ2v) is 13.4. The second-order valence-electron chi connectivity index (χ2n) is 13.4. The first-order valence-electron chi connectivity index (χ1n) is 15.9. The number of carbonyl (C=O) groups excluding carboxylic acids is 2. The molecule has 0 N–H and O–H groups in total. The van der Waals surface area contributed by atoms with E-state index in [4.69, 9.17) is 9.47 Å². The van der Waals surface area contributed by atoms with Gasteiger partial charge in [0.05, 0.1) is 6.61 Å². The molecule has 3 saturated carbocycles. The molecular weight excluding hydrogens is 460 g/mol. The van der Waals surface area contributed by atoms with E-state index in [2.05, 4.69) is 27.7 Å². The zero-order valence-corrected chi connectivity index (χ0v) is 24.3. The van der Waals surface area contributed by atoms with Crippen molar-refractivity contribution in [2.45, 2.75) is 137 Å². The van der Waals surface area contributed by atoms with Gasteiger partial charge in [0, 0.05) is 11.8 Å². The van der Waals surface area contributed by atoms with Gasteiger partial charge in [0.25, 0.3) is 0 Å². The van der Waals surface area contributed by atoms with E-state index >= 15 is 0 Å². The van der Waals surface area contributed by atoms with Crippen LogP contribution in [-0.4, -0.2) is 24.6 Å². The van der Waals surface area contributed by atoms with Crippen LogP contribution >= 0.6 is 0 Å². The third-order valence-electron chi connectivity index (χ3n) is 10.8. The van der Waals surface area contributed by atoms with Gasteiger partial charge in [-0.15, -0.1) is 0 Å². The van der Waals surface area contributed by atoms with Crippen molar-refractivity contribution in [3.05, 3.63) is 11.6 Å². The average Bonchev–Trinajstić information content (AvgIpc) is 3.17. The van der Waals surface area contributed by atoms with Crippen LogP contribution in [0.1, 0.15) is 130 Å². The van der Waals surface area contributed by atoms with Crippen molar-refractivity contribution in [3.8, 4) is 0 Å². The Morgan fingerprint density at radius 3 is 2.30 bits per heavy atom. The number of fused-ring (bicyclic) bond motifs is 5. The van der Waals surface area contributed by atoms with Crippen molar-refractivity contribution in [2.24, 2.45) is 40.9 Å². The molecule has 0 amide bonds. The van der Waals surface area contributed by atoms with Crippen LogP contribution in [0.2, 0.25) is 0 Å². The molecule has 4 heteroatoms. The molecule has 4 aliphatic carbocycles. The maximum Gasteiger partial charge on any atom is 0.508 e. The smallest absolute Gasteiger partial charge is 0.434 e. The van der Waals surface area contributed by atoms with Gasteiger partial charge in [-0.25, -0.2) is 4.79 Å². The molecular formula is C33H54O4. The normalized spacial score (nSPS) is 36.8. The van der Waals surface area contributed by atoms with Crippen LogP contribution < -0.4 is 0 Å². The molecule has 0 aromatic carbocycles. The third kappa shape index (κ3) is 6.64. The molecule has 37 heavy (non-hydrogen) atoms. The number of ketones is 1. The van der Waals surface area contributed by atoms with Crippen LogP contribution in [0.15, 0.2) is 11.6 Å². The number of allylic oxidation sites excluding steroid dienone is 1. The number of carbonyl (C=O) groups is 2. The second kappa shape index (κ2) is 13.2. The largest absolute Gasteiger partial charge is 0.508 e. The fraction of sp³-hybridized carbons (Fsp3) is 0.879. The minimum absolute atomic E-state index is 0.0295. The highest BCUT2D eigenvalue weighted by molar-refractivity contribution is 5.91. The minimum atomic E-state index is -0.453. The summed E-state index contributed by atoms with van der Waals surface area (Å²) in [6, 6.07) is 0. The van der Waals surface area contributed by atoms with Crippen LogP contribution in [0.4, 0.5) is 4.79 Å². The number of unbranched alkanes of at least 4 members (excludes halogenated alkanes) is 9. The number of rotatable bonds is 12. The lowest BCUT2D eigenvalue weighted by Gasteiger charge is -2.58. The standard InChI is InChI=1S/C33H54O4/c1-5-6-7-8-9-10-11-12-13-14-19-36-32(35)37-29-18-17-28-31-23(2)20-25-21-26(34)15-16-27(25)30(31)24(3)22-33(28,29)4/h21,23-24,27-31H,5-20,22H2,1-4H3/t23-,24+,27?,28?,29+,30?,31?,33+/m1/s1. The summed E-state index contributed by atoms with van der Waals surface area (Å²) in [5.41, 5.74) is 1.47. The fourth-order valence-electron chi connectivity index (χ4n) is 9.18. The van der Waals surface area contributed by atoms with Gasteiger partial charge in [-0.2, -0.15) is 0 Å². The van der Waals surface area contributed by atoms with Gasteiger partial charge in [0.1, 0.15) is 6.10 Å². The van der Waals surface area contributed by atoms with Gasteiger partial charge < -0.3 is 9.47 Å². The first-order valence-corrected chi connectivity index (χ1v) is 15.9. The molecule has 0 aromatic heterocycles. The summed E-state index contributed by atoms with van der Waals surface area (Å²) in [6.45, 7) is 9.96. The summed E-state index contributed by atoms with van der Waals surface area (Å²) < 4.78 is 11.6. The first-order chi connectivity index (χ1) is 17.8. The molecule has 0 radical (unpaired) electrons. The number of hydrogen-bond acceptors (Lipinski definition) is 4. The van der Waals surface area contributed by atoms with Crippen molar-refractivity contribution in [1.82, 2.24) is 0 Å². The van der Waals surface area contributed by atoms with Crippen molar-refractivity contribution in [2.75, 3.05) is 6.61 Å². The van der Waals surface area contributed by atoms with E-state index < -0.39 is 6.16 Å². The van der Waals surface area contributed by atoms with E-state index in [1.54, 1.807) is 0 Å². The Morgan fingerprint density at radius 2 is 1.59 bits per heavy atom. The van der Waals surface area contributed by atoms with Gasteiger partial charge >= 0.3 is 6.16 Å². The Hall–Kier alpha value is -1.32. The van der Waals surface area contributed by atoms with Gasteiger partial charge in [0.2, 0.25) is 0 Å². The molecule has 4 nitrogen and oxygen atoms in total. The van der Waals surface area contributed by atoms with Crippen LogP contribution in [0, 0.1) is 40.9 Å². The molecule has 0 aliphatic heterocycles. The Kier molecular flexibility index (Phi) is 10.2. The van der Waals surface area contributed by atoms with Gasteiger partial charge in [-0.1, -0.05) is 91.1 Å². The molecule has 4 rings (SSSR count). The van der Waals surface area contributed by atoms with Gasteiger partial charge in [0.15, 0.2) is 5.78 Å². The van der Waals surface area contributed by atoms with Crippen LogP contribution in [0.25, 0.3) is 0 Å². The molecule has 8 atom stereocenters. The maximum absolute atomic E-state index is 12.6. The van der Waals surface area contributed by atoms with Crippen LogP contribution in [0.5, 0.6) is 0 Å². The Labute approximate surface area is 226 Å². The van der Waals surface area contributed by atoms with Crippen molar-refractivity contribution in [1.29, 1.82) is 0 Å². The van der Waals surface area contributed by atoms with Crippen LogP contribution in [0.3, 0.4) is 0 Å². The molecule has 0 saturated heterocycles. The average molecular weight is 515 g/mol. The van der Waals surface area contributed by atoms with E-state index in [0.29, 0.717) is 47.9 Å². The summed E-state index contributed by atoms with van der Waals surface area (Å²) in [5, 5.41) is 0. The predicted molar refractivity (Wildman–Crippen MR) is 149 cm³/mol. The van der Waals surface area contributed by atoms with E-state index in [1.165, 1.54) is 56.9 Å². The number of hydrogen-bond donors (Lipinski definition) is 0. The van der Waals surface area contributed by atoms with Gasteiger partial charge in [-0.3, -0.25) is 4.79 Å². The Morgan fingerprint density at radius 1 is 0.919 bits per heavy atom. The summed E-state index contributed by atoms with van der Waals surface area (Å²) in [7, 11) is 0. The summed E-state index contributed by atoms with van der Waals surface area (Å²) in [5.74, 6) is 4.03. The van der Waals surface area contributed by atoms with Crippen molar-refractivity contribution in [3.63, 3.8) is 0 Å². The third-order valence-corrected chi connectivity index (χ3v) is 10.8. The lowest BCUT2D eigenvalue weighted by Crippen LogP contribution is -2.54. The SMILES string of the molecule is CCCCCCCCCCCCOC(=O)O[C@H]1CCC2C3C(C4CCC(=O)C=C4C[C@H]3C)[C@@H](C)C[C@@]21C. The molecule has 0 bridgehead atoms. The topological polar surface area (TPSA) is 52.6 Å².